The molecule has 4 nitrogen and oxygen atoms in total. The first-order valence-corrected chi connectivity index (χ1v) is 3.36. The highest BCUT2D eigenvalue weighted by Gasteiger charge is 2.18. The summed E-state index contributed by atoms with van der Waals surface area (Å²) in [6.07, 6.45) is 0.126. The summed E-state index contributed by atoms with van der Waals surface area (Å²) in [6, 6.07) is -0.352. The van der Waals surface area contributed by atoms with Crippen LogP contribution in [0.3, 0.4) is 0 Å². The Hall–Kier alpha value is -0.770. The molecule has 1 saturated heterocycles. The number of rotatable bonds is 0. The van der Waals surface area contributed by atoms with E-state index in [-0.39, 0.29) is 12.1 Å². The number of nitrogens with two attached hydrogens (primary N) is 1. The van der Waals surface area contributed by atoms with Gasteiger partial charge in [0, 0.05) is 13.1 Å². The molecule has 1 aliphatic rings. The summed E-state index contributed by atoms with van der Waals surface area (Å²) in [6.45, 7) is 3.77. The minimum absolute atomic E-state index is 0.126. The first-order chi connectivity index (χ1) is 4.70. The first-order valence-electron chi connectivity index (χ1n) is 3.36. The van der Waals surface area contributed by atoms with Gasteiger partial charge in [-0.05, 0) is 6.92 Å². The summed E-state index contributed by atoms with van der Waals surface area (Å²) in [5.41, 5.74) is 5.06. The second-order valence-electron chi connectivity index (χ2n) is 2.47. The third-order valence-corrected chi connectivity index (χ3v) is 1.55. The number of carbonyl (C=O) groups is 1. The Labute approximate surface area is 59.9 Å². The van der Waals surface area contributed by atoms with Gasteiger partial charge in [0.25, 0.3) is 0 Å². The van der Waals surface area contributed by atoms with Gasteiger partial charge in [-0.25, -0.2) is 4.79 Å². The third-order valence-electron chi connectivity index (χ3n) is 1.55. The molecule has 0 radical (unpaired) electrons. The Morgan fingerprint density at radius 1 is 1.80 bits per heavy atom. The van der Waals surface area contributed by atoms with E-state index in [1.165, 1.54) is 0 Å². The number of morpholine rings is 1. The molecule has 1 atom stereocenters. The van der Waals surface area contributed by atoms with Crippen molar-refractivity contribution in [2.45, 2.75) is 13.0 Å². The SMILES string of the molecule is CC1CN(C(N)=O)CCO1. The van der Waals surface area contributed by atoms with E-state index in [0.29, 0.717) is 19.7 Å². The molecule has 1 aliphatic heterocycles. The summed E-state index contributed by atoms with van der Waals surface area (Å²) in [4.78, 5) is 12.2. The van der Waals surface area contributed by atoms with Gasteiger partial charge in [-0.15, -0.1) is 0 Å². The zero-order chi connectivity index (χ0) is 7.56. The minimum Gasteiger partial charge on any atom is -0.375 e. The second kappa shape index (κ2) is 2.88. The number of primary amides is 1. The van der Waals surface area contributed by atoms with Gasteiger partial charge in [0.2, 0.25) is 0 Å². The van der Waals surface area contributed by atoms with Gasteiger partial charge >= 0.3 is 6.03 Å². The molecule has 2 N–H and O–H groups in total. The fourth-order valence-electron chi connectivity index (χ4n) is 1.02. The van der Waals surface area contributed by atoms with Crippen LogP contribution < -0.4 is 5.73 Å². The molecular formula is C6H12N2O2. The number of hydrogen-bond donors (Lipinski definition) is 1. The van der Waals surface area contributed by atoms with Gasteiger partial charge in [-0.2, -0.15) is 0 Å². The van der Waals surface area contributed by atoms with Gasteiger partial charge in [-0.1, -0.05) is 0 Å². The largest absolute Gasteiger partial charge is 0.375 e. The van der Waals surface area contributed by atoms with Crippen LogP contribution in [0.15, 0.2) is 0 Å². The molecular weight excluding hydrogens is 132 g/mol. The van der Waals surface area contributed by atoms with Crippen LogP contribution in [-0.2, 0) is 4.74 Å². The minimum atomic E-state index is -0.352. The Morgan fingerprint density at radius 3 is 2.90 bits per heavy atom. The third kappa shape index (κ3) is 1.60. The maximum Gasteiger partial charge on any atom is 0.314 e. The highest BCUT2D eigenvalue weighted by molar-refractivity contribution is 5.72. The molecule has 0 bridgehead atoms. The van der Waals surface area contributed by atoms with Crippen molar-refractivity contribution in [1.82, 2.24) is 4.90 Å². The van der Waals surface area contributed by atoms with Crippen molar-refractivity contribution in [2.24, 2.45) is 5.73 Å². The summed E-state index contributed by atoms with van der Waals surface area (Å²) < 4.78 is 5.21. The van der Waals surface area contributed by atoms with Crippen molar-refractivity contribution in [2.75, 3.05) is 19.7 Å². The Bertz CT molecular complexity index is 138. The molecule has 1 fully saturated rings. The topological polar surface area (TPSA) is 55.6 Å². The molecule has 0 aromatic heterocycles. The van der Waals surface area contributed by atoms with E-state index in [1.807, 2.05) is 6.92 Å². The lowest BCUT2D eigenvalue weighted by Crippen LogP contribution is -2.46. The van der Waals surface area contributed by atoms with Crippen molar-refractivity contribution in [3.63, 3.8) is 0 Å². The second-order valence-corrected chi connectivity index (χ2v) is 2.47. The monoisotopic (exact) mass is 144 g/mol. The summed E-state index contributed by atoms with van der Waals surface area (Å²) in [5, 5.41) is 0. The van der Waals surface area contributed by atoms with E-state index in [0.717, 1.165) is 0 Å². The maximum absolute atomic E-state index is 10.6. The molecule has 0 aromatic rings. The summed E-state index contributed by atoms with van der Waals surface area (Å²) in [7, 11) is 0. The fraction of sp³-hybridized carbons (Fsp3) is 0.833. The van der Waals surface area contributed by atoms with E-state index in [9.17, 15) is 4.79 Å². The molecule has 0 spiro atoms. The molecule has 0 saturated carbocycles. The standard InChI is InChI=1S/C6H12N2O2/c1-5-4-8(6(7)9)2-3-10-5/h5H,2-4H2,1H3,(H2,7,9). The van der Waals surface area contributed by atoms with E-state index in [2.05, 4.69) is 0 Å². The number of amides is 2. The molecule has 2 amide bonds. The van der Waals surface area contributed by atoms with E-state index < -0.39 is 0 Å². The highest BCUT2D eigenvalue weighted by Crippen LogP contribution is 2.02. The van der Waals surface area contributed by atoms with Crippen LogP contribution in [0, 0.1) is 0 Å². The average molecular weight is 144 g/mol. The van der Waals surface area contributed by atoms with Crippen LogP contribution in [0.4, 0.5) is 4.79 Å². The van der Waals surface area contributed by atoms with Crippen LogP contribution in [-0.4, -0.2) is 36.7 Å². The van der Waals surface area contributed by atoms with Crippen molar-refractivity contribution < 1.29 is 9.53 Å². The van der Waals surface area contributed by atoms with Crippen LogP contribution >= 0.6 is 0 Å². The lowest BCUT2D eigenvalue weighted by Gasteiger charge is -2.29. The number of carbonyl (C=O) groups excluding carboxylic acids is 1. The Balaban J connectivity index is 2.39. The number of nitrogens with zero attached hydrogens (tertiary/aromatic N) is 1. The Kier molecular flexibility index (Phi) is 2.11. The zero-order valence-corrected chi connectivity index (χ0v) is 6.04. The van der Waals surface area contributed by atoms with Crippen molar-refractivity contribution in [3.05, 3.63) is 0 Å². The van der Waals surface area contributed by atoms with Crippen molar-refractivity contribution in [3.8, 4) is 0 Å². The van der Waals surface area contributed by atoms with Crippen molar-refractivity contribution >= 4 is 6.03 Å². The van der Waals surface area contributed by atoms with Crippen molar-refractivity contribution in [1.29, 1.82) is 0 Å². The van der Waals surface area contributed by atoms with Gasteiger partial charge in [0.05, 0.1) is 12.7 Å². The summed E-state index contributed by atoms with van der Waals surface area (Å²) >= 11 is 0. The maximum atomic E-state index is 10.6. The van der Waals surface area contributed by atoms with Gasteiger partial charge in [-0.3, -0.25) is 0 Å². The Morgan fingerprint density at radius 2 is 2.50 bits per heavy atom. The lowest BCUT2D eigenvalue weighted by molar-refractivity contribution is -0.00209. The van der Waals surface area contributed by atoms with Crippen LogP contribution in [0.1, 0.15) is 6.92 Å². The van der Waals surface area contributed by atoms with Crippen LogP contribution in [0.2, 0.25) is 0 Å². The summed E-state index contributed by atoms with van der Waals surface area (Å²) in [5.74, 6) is 0. The van der Waals surface area contributed by atoms with Crippen LogP contribution in [0.5, 0.6) is 0 Å². The molecule has 10 heavy (non-hydrogen) atoms. The normalized spacial score (nSPS) is 26.5. The molecule has 1 unspecified atom stereocenters. The number of urea groups is 1. The lowest BCUT2D eigenvalue weighted by atomic mass is 10.3. The molecule has 0 aromatic carbocycles. The molecule has 58 valence electrons. The molecule has 1 rings (SSSR count). The average Bonchev–Trinajstić information content (AvgIpc) is 1.88. The zero-order valence-electron chi connectivity index (χ0n) is 6.04. The fourth-order valence-corrected chi connectivity index (χ4v) is 1.02. The quantitative estimate of drug-likeness (QED) is 0.511. The number of hydrogen-bond acceptors (Lipinski definition) is 2. The van der Waals surface area contributed by atoms with E-state index in [4.69, 9.17) is 10.5 Å². The highest BCUT2D eigenvalue weighted by atomic mass is 16.5. The number of ether oxygens (including phenoxy) is 1. The van der Waals surface area contributed by atoms with Gasteiger partial charge < -0.3 is 15.4 Å². The van der Waals surface area contributed by atoms with Gasteiger partial charge in [0.1, 0.15) is 0 Å². The van der Waals surface area contributed by atoms with E-state index >= 15 is 0 Å². The molecule has 0 aliphatic carbocycles. The van der Waals surface area contributed by atoms with Gasteiger partial charge in [0.15, 0.2) is 0 Å². The van der Waals surface area contributed by atoms with E-state index in [1.54, 1.807) is 4.90 Å². The molecule has 4 heteroatoms. The molecule has 1 heterocycles. The predicted molar refractivity (Wildman–Crippen MR) is 36.6 cm³/mol. The first kappa shape index (κ1) is 7.34. The smallest absolute Gasteiger partial charge is 0.314 e. The van der Waals surface area contributed by atoms with Crippen LogP contribution in [0.25, 0.3) is 0 Å². The predicted octanol–water partition coefficient (Wildman–Crippen LogP) is -0.214.